The third-order valence-corrected chi connectivity index (χ3v) is 7.07. The molecule has 0 fully saturated rings. The van der Waals surface area contributed by atoms with Crippen molar-refractivity contribution in [2.75, 3.05) is 17.1 Å². The Labute approximate surface area is 216 Å². The van der Waals surface area contributed by atoms with Crippen LogP contribution in [-0.2, 0) is 26.2 Å². The summed E-state index contributed by atoms with van der Waals surface area (Å²) in [7, 11) is -3.52. The number of hydrogen-bond acceptors (Lipinski definition) is 4. The monoisotopic (exact) mass is 515 g/mol. The molecule has 1 N–H and O–H groups in total. The Morgan fingerprint density at radius 2 is 1.61 bits per heavy atom. The summed E-state index contributed by atoms with van der Waals surface area (Å²) in [6.07, 6.45) is 2.11. The lowest BCUT2D eigenvalue weighted by molar-refractivity contribution is -0.142. The molecule has 0 spiro atoms. The van der Waals surface area contributed by atoms with E-state index in [1.54, 1.807) is 17.0 Å². The number of carbonyl (C=O) groups is 2. The average molecular weight is 516 g/mol. The number of amides is 2. The van der Waals surface area contributed by atoms with Crippen molar-refractivity contribution in [1.82, 2.24) is 10.2 Å². The smallest absolute Gasteiger partial charge is 0.243 e. The Morgan fingerprint density at radius 1 is 1.00 bits per heavy atom. The van der Waals surface area contributed by atoms with Crippen molar-refractivity contribution in [3.63, 3.8) is 0 Å². The maximum absolute atomic E-state index is 13.5. The van der Waals surface area contributed by atoms with E-state index in [0.29, 0.717) is 25.1 Å². The topological polar surface area (TPSA) is 86.8 Å². The summed E-state index contributed by atoms with van der Waals surface area (Å²) in [6, 6.07) is 14.6. The number of para-hydroxylation sites is 1. The molecule has 2 aromatic carbocycles. The maximum atomic E-state index is 13.5. The van der Waals surface area contributed by atoms with Gasteiger partial charge in [-0.25, -0.2) is 8.42 Å². The van der Waals surface area contributed by atoms with Crippen LogP contribution in [0.1, 0.15) is 63.6 Å². The third kappa shape index (κ3) is 8.66. The minimum absolute atomic E-state index is 0.128. The van der Waals surface area contributed by atoms with Crippen molar-refractivity contribution >= 4 is 27.5 Å². The molecule has 36 heavy (non-hydrogen) atoms. The van der Waals surface area contributed by atoms with Gasteiger partial charge < -0.3 is 10.2 Å². The molecular weight excluding hydrogens is 474 g/mol. The largest absolute Gasteiger partial charge is 0.350 e. The van der Waals surface area contributed by atoms with Gasteiger partial charge in [0.1, 0.15) is 6.04 Å². The molecule has 2 amide bonds. The molecule has 198 valence electrons. The number of aryl methyl sites for hydroxylation is 2. The lowest BCUT2D eigenvalue weighted by Gasteiger charge is -2.33. The Balaban J connectivity index is 2.24. The lowest BCUT2D eigenvalue weighted by Crippen LogP contribution is -2.53. The molecule has 0 aliphatic carbocycles. The van der Waals surface area contributed by atoms with Gasteiger partial charge in [0, 0.05) is 25.0 Å². The van der Waals surface area contributed by atoms with Crippen molar-refractivity contribution in [2.45, 2.75) is 78.9 Å². The van der Waals surface area contributed by atoms with Gasteiger partial charge in [-0.3, -0.25) is 13.9 Å². The normalized spacial score (nSPS) is 12.6. The summed E-state index contributed by atoms with van der Waals surface area (Å²) in [6.45, 7) is 12.0. The van der Waals surface area contributed by atoms with E-state index in [1.807, 2.05) is 77.9 Å². The van der Waals surface area contributed by atoms with E-state index < -0.39 is 21.6 Å². The van der Waals surface area contributed by atoms with Gasteiger partial charge in [-0.1, -0.05) is 55.0 Å². The predicted molar refractivity (Wildman–Crippen MR) is 146 cm³/mol. The molecular formula is C28H41N3O4S. The fraction of sp³-hybridized carbons (Fsp3) is 0.500. The first-order chi connectivity index (χ1) is 16.7. The van der Waals surface area contributed by atoms with Crippen molar-refractivity contribution in [3.05, 3.63) is 65.2 Å². The molecule has 7 nitrogen and oxygen atoms in total. The number of anilines is 1. The highest BCUT2D eigenvalue weighted by atomic mass is 32.2. The molecule has 0 aromatic heterocycles. The molecule has 1 atom stereocenters. The van der Waals surface area contributed by atoms with Crippen LogP contribution in [0, 0.1) is 13.8 Å². The van der Waals surface area contributed by atoms with Gasteiger partial charge in [-0.15, -0.1) is 0 Å². The second kappa shape index (κ2) is 12.4. The number of nitrogens with zero attached hydrogens (tertiary/aromatic N) is 2. The zero-order valence-electron chi connectivity index (χ0n) is 22.7. The Bertz CT molecular complexity index is 1140. The van der Waals surface area contributed by atoms with Crippen LogP contribution in [0.5, 0.6) is 0 Å². The van der Waals surface area contributed by atoms with Crippen molar-refractivity contribution < 1.29 is 18.0 Å². The van der Waals surface area contributed by atoms with E-state index in [1.165, 1.54) is 10.6 Å². The first-order valence-corrected chi connectivity index (χ1v) is 14.3. The number of hydrogen-bond donors (Lipinski definition) is 1. The SMILES string of the molecule is CC[C@H](C(=O)NC(C)(C)C)N(Cc1ccc(C)cc1)C(=O)CCCN(c1ccccc1C)S(C)(=O)=O. The number of carbonyl (C=O) groups excluding carboxylic acids is 2. The number of rotatable bonds is 11. The fourth-order valence-electron chi connectivity index (χ4n) is 4.09. The second-order valence-corrected chi connectivity index (χ2v) is 12.3. The molecule has 0 bridgehead atoms. The van der Waals surface area contributed by atoms with E-state index in [0.717, 1.165) is 16.7 Å². The average Bonchev–Trinajstić information content (AvgIpc) is 2.76. The quantitative estimate of drug-likeness (QED) is 0.475. The van der Waals surface area contributed by atoms with Crippen LogP contribution < -0.4 is 9.62 Å². The van der Waals surface area contributed by atoms with E-state index in [9.17, 15) is 18.0 Å². The summed E-state index contributed by atoms with van der Waals surface area (Å²) >= 11 is 0. The first kappa shape index (κ1) is 29.4. The van der Waals surface area contributed by atoms with Gasteiger partial charge in [0.15, 0.2) is 0 Å². The molecule has 0 radical (unpaired) electrons. The van der Waals surface area contributed by atoms with Crippen LogP contribution in [0.4, 0.5) is 5.69 Å². The predicted octanol–water partition coefficient (Wildman–Crippen LogP) is 4.57. The highest BCUT2D eigenvalue weighted by Gasteiger charge is 2.30. The van der Waals surface area contributed by atoms with Gasteiger partial charge in [0.2, 0.25) is 21.8 Å². The maximum Gasteiger partial charge on any atom is 0.243 e. The summed E-state index contributed by atoms with van der Waals surface area (Å²) < 4.78 is 26.4. The zero-order valence-corrected chi connectivity index (χ0v) is 23.5. The highest BCUT2D eigenvalue weighted by Crippen LogP contribution is 2.23. The summed E-state index contributed by atoms with van der Waals surface area (Å²) in [5, 5.41) is 3.00. The molecule has 2 aromatic rings. The van der Waals surface area contributed by atoms with E-state index in [4.69, 9.17) is 0 Å². The number of benzene rings is 2. The Kier molecular flexibility index (Phi) is 10.1. The van der Waals surface area contributed by atoms with E-state index >= 15 is 0 Å². The molecule has 0 unspecified atom stereocenters. The van der Waals surface area contributed by atoms with Crippen LogP contribution in [-0.4, -0.2) is 49.5 Å². The fourth-order valence-corrected chi connectivity index (χ4v) is 5.11. The first-order valence-electron chi connectivity index (χ1n) is 12.4. The minimum atomic E-state index is -3.52. The van der Waals surface area contributed by atoms with Gasteiger partial charge in [0.05, 0.1) is 11.9 Å². The van der Waals surface area contributed by atoms with Crippen LogP contribution in [0.2, 0.25) is 0 Å². The van der Waals surface area contributed by atoms with Crippen LogP contribution in [0.25, 0.3) is 0 Å². The van der Waals surface area contributed by atoms with Gasteiger partial charge >= 0.3 is 0 Å². The zero-order chi connectivity index (χ0) is 27.1. The minimum Gasteiger partial charge on any atom is -0.350 e. The molecule has 2 rings (SSSR count). The summed E-state index contributed by atoms with van der Waals surface area (Å²) in [5.74, 6) is -0.368. The molecule has 0 heterocycles. The Hall–Kier alpha value is -2.87. The Morgan fingerprint density at radius 3 is 2.14 bits per heavy atom. The lowest BCUT2D eigenvalue weighted by atomic mass is 10.0. The van der Waals surface area contributed by atoms with E-state index in [-0.39, 0.29) is 24.8 Å². The van der Waals surface area contributed by atoms with E-state index in [2.05, 4.69) is 5.32 Å². The van der Waals surface area contributed by atoms with Crippen molar-refractivity contribution in [1.29, 1.82) is 0 Å². The van der Waals surface area contributed by atoms with Gasteiger partial charge in [-0.05, 0) is 64.7 Å². The van der Waals surface area contributed by atoms with Crippen LogP contribution >= 0.6 is 0 Å². The van der Waals surface area contributed by atoms with Gasteiger partial charge in [0.25, 0.3) is 0 Å². The van der Waals surface area contributed by atoms with Gasteiger partial charge in [-0.2, -0.15) is 0 Å². The summed E-state index contributed by atoms with van der Waals surface area (Å²) in [5.41, 5.74) is 3.09. The summed E-state index contributed by atoms with van der Waals surface area (Å²) in [4.78, 5) is 28.3. The number of nitrogens with one attached hydrogen (secondary N) is 1. The van der Waals surface area contributed by atoms with Crippen molar-refractivity contribution in [3.8, 4) is 0 Å². The molecule has 0 saturated heterocycles. The van der Waals surface area contributed by atoms with Crippen LogP contribution in [0.3, 0.4) is 0 Å². The standard InChI is InChI=1S/C28H41N3O4S/c1-8-24(27(33)29-28(4,5)6)30(20-23-17-15-21(2)16-18-23)26(32)14-11-19-31(36(7,34)35)25-13-10-9-12-22(25)3/h9-10,12-13,15-18,24H,8,11,14,19-20H2,1-7H3,(H,29,33)/t24-/m1/s1. The molecule has 0 aliphatic heterocycles. The molecule has 8 heteroatoms. The molecule has 0 aliphatic rings. The molecule has 0 saturated carbocycles. The number of sulfonamides is 1. The highest BCUT2D eigenvalue weighted by molar-refractivity contribution is 7.92. The second-order valence-electron chi connectivity index (χ2n) is 10.4. The third-order valence-electron chi connectivity index (χ3n) is 5.89. The van der Waals surface area contributed by atoms with Crippen molar-refractivity contribution in [2.24, 2.45) is 0 Å². The van der Waals surface area contributed by atoms with Crippen LogP contribution in [0.15, 0.2) is 48.5 Å².